The van der Waals surface area contributed by atoms with Gasteiger partial charge in [-0.1, -0.05) is 39.0 Å². The zero-order valence-electron chi connectivity index (χ0n) is 14.1. The maximum absolute atomic E-state index is 13.3. The number of nitrogens with one attached hydrogen (secondary N) is 2. The highest BCUT2D eigenvalue weighted by molar-refractivity contribution is 5.95. The van der Waals surface area contributed by atoms with E-state index in [0.29, 0.717) is 5.69 Å². The number of alkyl halides is 3. The quantitative estimate of drug-likeness (QED) is 0.872. The number of para-hydroxylation sites is 1. The maximum atomic E-state index is 13.3. The van der Waals surface area contributed by atoms with Gasteiger partial charge in [0.15, 0.2) is 5.69 Å². The number of hydrogen-bond donors (Lipinski definition) is 2. The Labute approximate surface area is 143 Å². The highest BCUT2D eigenvalue weighted by Crippen LogP contribution is 2.31. The monoisotopic (exact) mass is 352 g/mol. The van der Waals surface area contributed by atoms with Crippen molar-refractivity contribution in [3.05, 3.63) is 47.8 Å². The Balaban J connectivity index is 2.30. The van der Waals surface area contributed by atoms with Gasteiger partial charge >= 0.3 is 6.18 Å². The first-order valence-corrected chi connectivity index (χ1v) is 7.61. The molecule has 0 unspecified atom stereocenters. The largest absolute Gasteiger partial charge is 0.434 e. The molecule has 1 aromatic heterocycles. The van der Waals surface area contributed by atoms with E-state index in [1.54, 1.807) is 30.3 Å². The number of hydrogen-bond acceptors (Lipinski definition) is 4. The normalized spacial score (nSPS) is 11.9. The van der Waals surface area contributed by atoms with E-state index < -0.39 is 23.3 Å². The van der Waals surface area contributed by atoms with E-state index in [0.717, 1.165) is 6.20 Å². The maximum Gasteiger partial charge on any atom is 0.434 e. The van der Waals surface area contributed by atoms with E-state index >= 15 is 0 Å². The van der Waals surface area contributed by atoms with Crippen LogP contribution in [-0.4, -0.2) is 22.4 Å². The molecule has 5 nitrogen and oxygen atoms in total. The van der Waals surface area contributed by atoms with Crippen LogP contribution in [0.5, 0.6) is 0 Å². The molecule has 0 saturated carbocycles. The lowest BCUT2D eigenvalue weighted by molar-refractivity contribution is -0.141. The van der Waals surface area contributed by atoms with Crippen molar-refractivity contribution in [2.75, 3.05) is 11.9 Å². The summed E-state index contributed by atoms with van der Waals surface area (Å²) in [6, 6.07) is 8.56. The summed E-state index contributed by atoms with van der Waals surface area (Å²) in [7, 11) is 0. The van der Waals surface area contributed by atoms with Crippen molar-refractivity contribution < 1.29 is 18.0 Å². The van der Waals surface area contributed by atoms with E-state index in [2.05, 4.69) is 20.6 Å². The Kier molecular flexibility index (Phi) is 5.30. The smallest absolute Gasteiger partial charge is 0.351 e. The van der Waals surface area contributed by atoms with Crippen LogP contribution in [0.15, 0.2) is 36.5 Å². The van der Waals surface area contributed by atoms with E-state index in [1.807, 2.05) is 20.8 Å². The number of carbonyl (C=O) groups excluding carboxylic acids is 1. The molecule has 1 amide bonds. The Morgan fingerprint density at radius 3 is 2.32 bits per heavy atom. The second-order valence-electron chi connectivity index (χ2n) is 6.69. The minimum Gasteiger partial charge on any atom is -0.351 e. The van der Waals surface area contributed by atoms with Gasteiger partial charge in [-0.3, -0.25) is 4.79 Å². The van der Waals surface area contributed by atoms with Gasteiger partial charge < -0.3 is 10.6 Å². The molecule has 25 heavy (non-hydrogen) atoms. The van der Waals surface area contributed by atoms with Crippen molar-refractivity contribution in [3.8, 4) is 0 Å². The van der Waals surface area contributed by atoms with Crippen molar-refractivity contribution in [2.45, 2.75) is 26.9 Å². The number of halogens is 3. The molecule has 2 aromatic rings. The SMILES string of the molecule is CC(C)(C)CNC(=O)c1cnc(Nc2ccccc2)nc1C(F)(F)F. The van der Waals surface area contributed by atoms with Gasteiger partial charge in [0.1, 0.15) is 0 Å². The van der Waals surface area contributed by atoms with Crippen LogP contribution in [0.2, 0.25) is 0 Å². The first-order valence-electron chi connectivity index (χ1n) is 7.61. The van der Waals surface area contributed by atoms with Crippen LogP contribution in [0, 0.1) is 5.41 Å². The number of nitrogens with zero attached hydrogens (tertiary/aromatic N) is 2. The fourth-order valence-corrected chi connectivity index (χ4v) is 1.92. The molecule has 2 rings (SSSR count). The average Bonchev–Trinajstić information content (AvgIpc) is 2.52. The van der Waals surface area contributed by atoms with Gasteiger partial charge in [-0.05, 0) is 17.5 Å². The summed E-state index contributed by atoms with van der Waals surface area (Å²) >= 11 is 0. The van der Waals surface area contributed by atoms with Crippen molar-refractivity contribution in [2.24, 2.45) is 5.41 Å². The second kappa shape index (κ2) is 7.08. The van der Waals surface area contributed by atoms with E-state index in [1.165, 1.54) is 0 Å². The zero-order valence-corrected chi connectivity index (χ0v) is 14.1. The predicted octanol–water partition coefficient (Wildman–Crippen LogP) is 4.01. The molecular formula is C17H19F3N4O. The molecule has 0 atom stereocenters. The summed E-state index contributed by atoms with van der Waals surface area (Å²) in [6.07, 6.45) is -3.89. The van der Waals surface area contributed by atoms with Crippen molar-refractivity contribution in [1.82, 2.24) is 15.3 Å². The van der Waals surface area contributed by atoms with Crippen LogP contribution in [0.3, 0.4) is 0 Å². The van der Waals surface area contributed by atoms with E-state index in [4.69, 9.17) is 0 Å². The summed E-state index contributed by atoms with van der Waals surface area (Å²) < 4.78 is 39.9. The number of aromatic nitrogens is 2. The van der Waals surface area contributed by atoms with Crippen LogP contribution in [0.1, 0.15) is 36.8 Å². The number of rotatable bonds is 4. The van der Waals surface area contributed by atoms with Crippen LogP contribution >= 0.6 is 0 Å². The topological polar surface area (TPSA) is 66.9 Å². The van der Waals surface area contributed by atoms with Gasteiger partial charge in [0, 0.05) is 18.4 Å². The Bertz CT molecular complexity index is 740. The van der Waals surface area contributed by atoms with Crippen molar-refractivity contribution >= 4 is 17.5 Å². The summed E-state index contributed by atoms with van der Waals surface area (Å²) in [5.74, 6) is -1.08. The molecule has 0 aliphatic heterocycles. The molecule has 0 radical (unpaired) electrons. The Morgan fingerprint density at radius 1 is 1.12 bits per heavy atom. The molecule has 0 saturated heterocycles. The molecule has 0 aliphatic rings. The summed E-state index contributed by atoms with van der Waals surface area (Å²) in [6.45, 7) is 5.82. The lowest BCUT2D eigenvalue weighted by Crippen LogP contribution is -2.34. The molecule has 0 aliphatic carbocycles. The fourth-order valence-electron chi connectivity index (χ4n) is 1.92. The third kappa shape index (κ3) is 5.44. The highest BCUT2D eigenvalue weighted by Gasteiger charge is 2.38. The summed E-state index contributed by atoms with van der Waals surface area (Å²) in [5, 5.41) is 5.17. The highest BCUT2D eigenvalue weighted by atomic mass is 19.4. The van der Waals surface area contributed by atoms with Crippen molar-refractivity contribution in [3.63, 3.8) is 0 Å². The van der Waals surface area contributed by atoms with Gasteiger partial charge in [0.05, 0.1) is 5.56 Å². The Morgan fingerprint density at radius 2 is 1.76 bits per heavy atom. The van der Waals surface area contributed by atoms with Crippen LogP contribution in [0.4, 0.5) is 24.8 Å². The third-order valence-electron chi connectivity index (χ3n) is 3.11. The van der Waals surface area contributed by atoms with Gasteiger partial charge in [-0.2, -0.15) is 13.2 Å². The third-order valence-corrected chi connectivity index (χ3v) is 3.11. The first kappa shape index (κ1) is 18.7. The molecule has 134 valence electrons. The van der Waals surface area contributed by atoms with Crippen molar-refractivity contribution in [1.29, 1.82) is 0 Å². The minimum atomic E-state index is -4.77. The molecule has 0 spiro atoms. The molecule has 8 heteroatoms. The fraction of sp³-hybridized carbons (Fsp3) is 0.353. The van der Waals surface area contributed by atoms with Gasteiger partial charge in [-0.15, -0.1) is 0 Å². The minimum absolute atomic E-state index is 0.229. The molecule has 1 heterocycles. The molecule has 2 N–H and O–H groups in total. The van der Waals surface area contributed by atoms with E-state index in [9.17, 15) is 18.0 Å². The molecule has 1 aromatic carbocycles. The second-order valence-corrected chi connectivity index (χ2v) is 6.69. The van der Waals surface area contributed by atoms with Gasteiger partial charge in [-0.25, -0.2) is 9.97 Å². The first-order chi connectivity index (χ1) is 11.6. The van der Waals surface area contributed by atoms with Gasteiger partial charge in [0.25, 0.3) is 5.91 Å². The zero-order chi connectivity index (χ0) is 18.7. The number of carbonyl (C=O) groups is 1. The molecule has 0 bridgehead atoms. The molecule has 0 fully saturated rings. The summed E-state index contributed by atoms with van der Waals surface area (Å²) in [5.41, 5.74) is -1.59. The van der Waals surface area contributed by atoms with Gasteiger partial charge in [0.2, 0.25) is 5.95 Å². The van der Waals surface area contributed by atoms with Crippen LogP contribution < -0.4 is 10.6 Å². The van der Waals surface area contributed by atoms with Crippen LogP contribution in [-0.2, 0) is 6.18 Å². The van der Waals surface area contributed by atoms with Crippen LogP contribution in [0.25, 0.3) is 0 Å². The lowest BCUT2D eigenvalue weighted by Gasteiger charge is -2.19. The Hall–Kier alpha value is -2.64. The van der Waals surface area contributed by atoms with E-state index in [-0.39, 0.29) is 17.9 Å². The summed E-state index contributed by atoms with van der Waals surface area (Å²) in [4.78, 5) is 19.4. The number of benzene rings is 1. The average molecular weight is 352 g/mol. The molecular weight excluding hydrogens is 333 g/mol. The number of amides is 1. The predicted molar refractivity (Wildman–Crippen MR) is 88.5 cm³/mol. The standard InChI is InChI=1S/C17H19F3N4O/c1-16(2,3)10-22-14(25)12-9-21-15(24-13(12)17(18,19)20)23-11-7-5-4-6-8-11/h4-9H,10H2,1-3H3,(H,22,25)(H,21,23,24). The number of anilines is 2. The lowest BCUT2D eigenvalue weighted by atomic mass is 9.97.